The summed E-state index contributed by atoms with van der Waals surface area (Å²) < 4.78 is 5.83. The van der Waals surface area contributed by atoms with E-state index >= 15 is 0 Å². The molecule has 0 amide bonds. The Labute approximate surface area is 166 Å². The van der Waals surface area contributed by atoms with Crippen molar-refractivity contribution in [2.24, 2.45) is 0 Å². The lowest BCUT2D eigenvalue weighted by molar-refractivity contribution is 0.411. The Morgan fingerprint density at radius 3 is 2.00 bits per heavy atom. The zero-order valence-corrected chi connectivity index (χ0v) is 17.6. The maximum Gasteiger partial charge on any atom is 0.162 e. The van der Waals surface area contributed by atoms with Gasteiger partial charge in [-0.1, -0.05) is 85.9 Å². The highest BCUT2D eigenvalue weighted by molar-refractivity contribution is 7.20. The monoisotopic (exact) mass is 390 g/mol. The molecule has 0 bridgehead atoms. The number of methoxy groups -OCH3 is 1. The van der Waals surface area contributed by atoms with Crippen molar-refractivity contribution in [2.45, 2.75) is 18.6 Å². The number of hydrogen-bond donors (Lipinski definition) is 0. The molecule has 0 radical (unpaired) electrons. The molecule has 0 N–H and O–H groups in total. The lowest BCUT2D eigenvalue weighted by atomic mass is 9.93. The Hall–Kier alpha value is -2.29. The molecule has 0 heterocycles. The molecule has 0 aliphatic carbocycles. The van der Waals surface area contributed by atoms with E-state index in [9.17, 15) is 0 Å². The molecule has 1 unspecified atom stereocenters. The van der Waals surface area contributed by atoms with Gasteiger partial charge in [0.05, 0.1) is 7.11 Å². The van der Waals surface area contributed by atoms with Crippen LogP contribution in [0, 0.1) is 0 Å². The van der Waals surface area contributed by atoms with Gasteiger partial charge in [0.25, 0.3) is 0 Å². The van der Waals surface area contributed by atoms with Gasteiger partial charge < -0.3 is 4.74 Å². The first-order chi connectivity index (χ1) is 13.0. The predicted octanol–water partition coefficient (Wildman–Crippen LogP) is 7.12. The SMILES string of the molecule is COc1ccc2ccccc2c1C(c1cccc2ccccc12)[Si](C)(C)Cl. The Morgan fingerprint density at radius 2 is 1.33 bits per heavy atom. The van der Waals surface area contributed by atoms with Crippen molar-refractivity contribution in [1.82, 2.24) is 0 Å². The predicted molar refractivity (Wildman–Crippen MR) is 120 cm³/mol. The summed E-state index contributed by atoms with van der Waals surface area (Å²) in [5, 5.41) is 4.94. The highest BCUT2D eigenvalue weighted by Gasteiger charge is 2.36. The van der Waals surface area contributed by atoms with Crippen molar-refractivity contribution in [3.63, 3.8) is 0 Å². The largest absolute Gasteiger partial charge is 0.496 e. The van der Waals surface area contributed by atoms with E-state index in [-0.39, 0.29) is 5.54 Å². The van der Waals surface area contributed by atoms with Crippen molar-refractivity contribution in [3.05, 3.63) is 90.0 Å². The van der Waals surface area contributed by atoms with Gasteiger partial charge in [0, 0.05) is 11.1 Å². The van der Waals surface area contributed by atoms with Gasteiger partial charge in [0.15, 0.2) is 7.38 Å². The fourth-order valence-electron chi connectivity index (χ4n) is 4.12. The molecule has 0 saturated carbocycles. The molecule has 0 aliphatic rings. The summed E-state index contributed by atoms with van der Waals surface area (Å²) in [5.74, 6) is 0.910. The van der Waals surface area contributed by atoms with E-state index in [0.717, 1.165) is 5.75 Å². The normalized spacial score (nSPS) is 13.0. The first-order valence-electron chi connectivity index (χ1n) is 9.23. The highest BCUT2D eigenvalue weighted by Crippen LogP contribution is 2.45. The van der Waals surface area contributed by atoms with Crippen molar-refractivity contribution in [2.75, 3.05) is 7.11 Å². The zero-order valence-electron chi connectivity index (χ0n) is 15.9. The van der Waals surface area contributed by atoms with Crippen LogP contribution in [0.15, 0.2) is 78.9 Å². The van der Waals surface area contributed by atoms with Gasteiger partial charge >= 0.3 is 0 Å². The third-order valence-corrected chi connectivity index (χ3v) is 7.89. The number of fused-ring (bicyclic) bond motifs is 2. The van der Waals surface area contributed by atoms with Crippen LogP contribution in [0.2, 0.25) is 13.1 Å². The minimum absolute atomic E-state index is 0.117. The fraction of sp³-hybridized carbons (Fsp3) is 0.167. The van der Waals surface area contributed by atoms with Gasteiger partial charge in [0.1, 0.15) is 5.75 Å². The third-order valence-electron chi connectivity index (χ3n) is 5.26. The standard InChI is InChI=1S/C24H23ClOSi/c1-26-22-16-15-18-10-5-7-13-20(18)23(22)24(27(2,3)25)21-14-8-11-17-9-4-6-12-19(17)21/h4-16,24H,1-3H3. The second kappa shape index (κ2) is 7.03. The zero-order chi connectivity index (χ0) is 19.0. The van der Waals surface area contributed by atoms with E-state index < -0.39 is 7.38 Å². The van der Waals surface area contributed by atoms with Crippen LogP contribution >= 0.6 is 11.1 Å². The summed E-state index contributed by atoms with van der Waals surface area (Å²) >= 11 is 7.18. The number of hydrogen-bond acceptors (Lipinski definition) is 1. The van der Waals surface area contributed by atoms with Gasteiger partial charge in [-0.25, -0.2) is 0 Å². The smallest absolute Gasteiger partial charge is 0.162 e. The van der Waals surface area contributed by atoms with Crippen LogP contribution in [-0.2, 0) is 0 Å². The molecular formula is C24H23ClOSi. The van der Waals surface area contributed by atoms with Gasteiger partial charge in [0.2, 0.25) is 0 Å². The quantitative estimate of drug-likeness (QED) is 0.266. The molecule has 0 spiro atoms. The molecule has 4 aromatic rings. The van der Waals surface area contributed by atoms with Crippen LogP contribution < -0.4 is 4.74 Å². The highest BCUT2D eigenvalue weighted by atomic mass is 35.6. The maximum absolute atomic E-state index is 7.18. The Balaban J connectivity index is 2.10. The summed E-state index contributed by atoms with van der Waals surface area (Å²) in [6, 6.07) is 27.8. The number of benzene rings is 4. The summed E-state index contributed by atoms with van der Waals surface area (Å²) in [7, 11) is -0.412. The van der Waals surface area contributed by atoms with Gasteiger partial charge in [-0.2, -0.15) is 11.1 Å². The molecule has 1 atom stereocenters. The first kappa shape index (κ1) is 18.1. The lowest BCUT2D eigenvalue weighted by Crippen LogP contribution is -2.30. The van der Waals surface area contributed by atoms with Crippen LogP contribution in [0.1, 0.15) is 16.7 Å². The maximum atomic E-state index is 7.18. The second-order valence-corrected chi connectivity index (χ2v) is 14.1. The van der Waals surface area contributed by atoms with E-state index in [1.54, 1.807) is 7.11 Å². The van der Waals surface area contributed by atoms with Crippen molar-refractivity contribution < 1.29 is 4.74 Å². The molecule has 4 rings (SSSR count). The van der Waals surface area contributed by atoms with E-state index in [0.29, 0.717) is 0 Å². The molecule has 0 aliphatic heterocycles. The van der Waals surface area contributed by atoms with E-state index in [1.807, 2.05) is 0 Å². The van der Waals surface area contributed by atoms with Crippen LogP contribution in [0.4, 0.5) is 0 Å². The Kier molecular flexibility index (Phi) is 4.71. The van der Waals surface area contributed by atoms with Crippen LogP contribution in [-0.4, -0.2) is 14.5 Å². The van der Waals surface area contributed by atoms with Crippen molar-refractivity contribution in [3.8, 4) is 5.75 Å². The number of ether oxygens (including phenoxy) is 1. The molecule has 27 heavy (non-hydrogen) atoms. The van der Waals surface area contributed by atoms with Gasteiger partial charge in [-0.05, 0) is 33.2 Å². The molecule has 4 aromatic carbocycles. The summed E-state index contributed by atoms with van der Waals surface area (Å²) in [6.45, 7) is 4.45. The van der Waals surface area contributed by atoms with Crippen molar-refractivity contribution >= 4 is 40.0 Å². The molecular weight excluding hydrogens is 368 g/mol. The molecule has 0 saturated heterocycles. The lowest BCUT2D eigenvalue weighted by Gasteiger charge is -2.31. The van der Waals surface area contributed by atoms with Gasteiger partial charge in [-0.3, -0.25) is 0 Å². The molecule has 1 nitrogen and oxygen atoms in total. The van der Waals surface area contributed by atoms with Crippen LogP contribution in [0.5, 0.6) is 5.75 Å². The average molecular weight is 391 g/mol. The third kappa shape index (κ3) is 3.24. The fourth-order valence-corrected chi connectivity index (χ4v) is 6.78. The van der Waals surface area contributed by atoms with Gasteiger partial charge in [-0.15, -0.1) is 0 Å². The molecule has 0 fully saturated rings. The van der Waals surface area contributed by atoms with Crippen molar-refractivity contribution in [1.29, 1.82) is 0 Å². The topological polar surface area (TPSA) is 9.23 Å². The molecule has 136 valence electrons. The Bertz CT molecular complexity index is 1110. The van der Waals surface area contributed by atoms with E-state index in [4.69, 9.17) is 15.8 Å². The summed E-state index contributed by atoms with van der Waals surface area (Å²) in [4.78, 5) is 0. The number of rotatable bonds is 4. The van der Waals surface area contributed by atoms with Crippen LogP contribution in [0.3, 0.4) is 0 Å². The molecule has 0 aromatic heterocycles. The summed E-state index contributed by atoms with van der Waals surface area (Å²) in [5.41, 5.74) is 2.61. The average Bonchev–Trinajstić information content (AvgIpc) is 2.67. The second-order valence-electron chi connectivity index (χ2n) is 7.47. The summed E-state index contributed by atoms with van der Waals surface area (Å²) in [6.07, 6.45) is 0. The Morgan fingerprint density at radius 1 is 0.741 bits per heavy atom. The molecule has 3 heteroatoms. The minimum atomic E-state index is -2.16. The van der Waals surface area contributed by atoms with E-state index in [1.165, 1.54) is 32.7 Å². The minimum Gasteiger partial charge on any atom is -0.496 e. The first-order valence-corrected chi connectivity index (χ1v) is 13.3. The van der Waals surface area contributed by atoms with Crippen LogP contribution in [0.25, 0.3) is 21.5 Å². The number of halogens is 1. The van der Waals surface area contributed by atoms with E-state index in [2.05, 4.69) is 92.0 Å².